The molecule has 0 aromatic heterocycles. The van der Waals surface area contributed by atoms with Crippen molar-refractivity contribution < 1.29 is 4.79 Å². The summed E-state index contributed by atoms with van der Waals surface area (Å²) in [6.07, 6.45) is 11.3. The molecule has 0 aromatic rings. The first-order valence-corrected chi connectivity index (χ1v) is 8.45. The summed E-state index contributed by atoms with van der Waals surface area (Å²) in [6.45, 7) is 2.72. The fraction of sp³-hybridized carbons (Fsp3) is 0.938. The number of nitrogens with zero attached hydrogens (tertiary/aromatic N) is 1. The summed E-state index contributed by atoms with van der Waals surface area (Å²) in [6, 6.07) is 1.09. The zero-order valence-electron chi connectivity index (χ0n) is 13.0. The Balaban J connectivity index is 1.57. The lowest BCUT2D eigenvalue weighted by Gasteiger charge is -2.27. The van der Waals surface area contributed by atoms with Gasteiger partial charge in [-0.05, 0) is 52.2 Å². The summed E-state index contributed by atoms with van der Waals surface area (Å²) >= 11 is 0. The van der Waals surface area contributed by atoms with Crippen LogP contribution in [0.5, 0.6) is 0 Å². The van der Waals surface area contributed by atoms with Crippen LogP contribution in [0.25, 0.3) is 0 Å². The maximum Gasteiger partial charge on any atom is 0.234 e. The topological polar surface area (TPSA) is 44.4 Å². The van der Waals surface area contributed by atoms with E-state index in [1.165, 1.54) is 51.4 Å². The van der Waals surface area contributed by atoms with Gasteiger partial charge in [-0.25, -0.2) is 0 Å². The molecule has 1 aliphatic carbocycles. The van der Waals surface area contributed by atoms with E-state index >= 15 is 0 Å². The van der Waals surface area contributed by atoms with Gasteiger partial charge < -0.3 is 10.6 Å². The first-order valence-electron chi connectivity index (χ1n) is 8.45. The third-order valence-corrected chi connectivity index (χ3v) is 4.66. The van der Waals surface area contributed by atoms with E-state index in [2.05, 4.69) is 22.6 Å². The van der Waals surface area contributed by atoms with Gasteiger partial charge in [0.1, 0.15) is 0 Å². The van der Waals surface area contributed by atoms with E-state index in [9.17, 15) is 4.79 Å². The highest BCUT2D eigenvalue weighted by atomic mass is 16.2. The van der Waals surface area contributed by atoms with Crippen molar-refractivity contribution in [1.29, 1.82) is 0 Å². The highest BCUT2D eigenvalue weighted by Gasteiger charge is 2.17. The lowest BCUT2D eigenvalue weighted by molar-refractivity contribution is -0.122. The van der Waals surface area contributed by atoms with Gasteiger partial charge in [-0.3, -0.25) is 9.69 Å². The second kappa shape index (κ2) is 8.63. The van der Waals surface area contributed by atoms with Crippen LogP contribution >= 0.6 is 0 Å². The molecule has 2 aliphatic rings. The average molecular weight is 281 g/mol. The minimum atomic E-state index is 0.205. The molecule has 20 heavy (non-hydrogen) atoms. The number of carbonyl (C=O) groups is 1. The number of likely N-dealkylation sites (N-methyl/N-ethyl adjacent to an activating group) is 1. The smallest absolute Gasteiger partial charge is 0.234 e. The Bertz CT molecular complexity index is 283. The van der Waals surface area contributed by atoms with Gasteiger partial charge in [-0.1, -0.05) is 25.7 Å². The first kappa shape index (κ1) is 15.8. The van der Waals surface area contributed by atoms with E-state index in [1.807, 2.05) is 0 Å². The van der Waals surface area contributed by atoms with E-state index in [4.69, 9.17) is 0 Å². The van der Waals surface area contributed by atoms with Crippen molar-refractivity contribution in [2.24, 2.45) is 0 Å². The zero-order chi connectivity index (χ0) is 14.2. The molecule has 4 heteroatoms. The fourth-order valence-electron chi connectivity index (χ4n) is 3.39. The molecule has 1 heterocycles. The molecule has 1 amide bonds. The molecule has 4 nitrogen and oxygen atoms in total. The highest BCUT2D eigenvalue weighted by Crippen LogP contribution is 2.17. The first-order chi connectivity index (χ1) is 9.74. The second-order valence-electron chi connectivity index (χ2n) is 6.58. The Kier molecular flexibility index (Phi) is 6.80. The maximum absolute atomic E-state index is 12.0. The van der Waals surface area contributed by atoms with Crippen LogP contribution in [-0.4, -0.2) is 49.6 Å². The number of hydrogen-bond acceptors (Lipinski definition) is 3. The van der Waals surface area contributed by atoms with Crippen LogP contribution in [0.2, 0.25) is 0 Å². The summed E-state index contributed by atoms with van der Waals surface area (Å²) < 4.78 is 0. The molecule has 1 saturated carbocycles. The van der Waals surface area contributed by atoms with E-state index < -0.39 is 0 Å². The minimum absolute atomic E-state index is 0.205. The number of carbonyl (C=O) groups excluding carboxylic acids is 1. The van der Waals surface area contributed by atoms with Crippen molar-refractivity contribution in [3.63, 3.8) is 0 Å². The van der Waals surface area contributed by atoms with Gasteiger partial charge in [0.15, 0.2) is 0 Å². The number of hydrogen-bond donors (Lipinski definition) is 2. The number of nitrogens with one attached hydrogen (secondary N) is 2. The molecule has 1 atom stereocenters. The van der Waals surface area contributed by atoms with Crippen molar-refractivity contribution in [2.75, 3.05) is 26.7 Å². The lowest BCUT2D eigenvalue weighted by Crippen LogP contribution is -2.43. The summed E-state index contributed by atoms with van der Waals surface area (Å²) in [5.41, 5.74) is 0. The van der Waals surface area contributed by atoms with Crippen LogP contribution in [-0.2, 0) is 4.79 Å². The SMILES string of the molecule is CN(CCC1CCCCN1)CC(=O)NC1CCCCC1. The number of amides is 1. The highest BCUT2D eigenvalue weighted by molar-refractivity contribution is 5.78. The molecular weight excluding hydrogens is 250 g/mol. The number of rotatable bonds is 6. The Morgan fingerprint density at radius 1 is 1.15 bits per heavy atom. The van der Waals surface area contributed by atoms with Gasteiger partial charge in [-0.2, -0.15) is 0 Å². The summed E-state index contributed by atoms with van der Waals surface area (Å²) in [5.74, 6) is 0.205. The molecule has 116 valence electrons. The monoisotopic (exact) mass is 281 g/mol. The predicted octanol–water partition coefficient (Wildman–Crippen LogP) is 1.90. The molecule has 0 aromatic carbocycles. The van der Waals surface area contributed by atoms with Crippen LogP contribution in [0.15, 0.2) is 0 Å². The molecule has 1 unspecified atom stereocenters. The van der Waals surface area contributed by atoms with Gasteiger partial charge in [0.05, 0.1) is 6.54 Å². The Labute approximate surface area is 123 Å². The molecule has 2 fully saturated rings. The van der Waals surface area contributed by atoms with Gasteiger partial charge in [-0.15, -0.1) is 0 Å². The Morgan fingerprint density at radius 3 is 2.60 bits per heavy atom. The maximum atomic E-state index is 12.0. The van der Waals surface area contributed by atoms with E-state index in [-0.39, 0.29) is 5.91 Å². The van der Waals surface area contributed by atoms with E-state index in [0.29, 0.717) is 18.6 Å². The normalized spacial score (nSPS) is 24.8. The molecule has 0 bridgehead atoms. The van der Waals surface area contributed by atoms with Gasteiger partial charge >= 0.3 is 0 Å². The lowest BCUT2D eigenvalue weighted by atomic mass is 9.95. The van der Waals surface area contributed by atoms with Crippen molar-refractivity contribution in [1.82, 2.24) is 15.5 Å². The van der Waals surface area contributed by atoms with Crippen LogP contribution < -0.4 is 10.6 Å². The van der Waals surface area contributed by atoms with Gasteiger partial charge in [0.25, 0.3) is 0 Å². The third kappa shape index (κ3) is 5.80. The quantitative estimate of drug-likeness (QED) is 0.781. The molecule has 0 radical (unpaired) electrons. The van der Waals surface area contributed by atoms with E-state index in [1.54, 1.807) is 0 Å². The zero-order valence-corrected chi connectivity index (χ0v) is 13.0. The summed E-state index contributed by atoms with van der Waals surface area (Å²) in [5, 5.41) is 6.76. The average Bonchev–Trinajstić information content (AvgIpc) is 2.47. The van der Waals surface area contributed by atoms with Crippen LogP contribution in [0.3, 0.4) is 0 Å². The summed E-state index contributed by atoms with van der Waals surface area (Å²) in [7, 11) is 2.06. The molecule has 2 rings (SSSR count). The van der Waals surface area contributed by atoms with Crippen LogP contribution in [0.1, 0.15) is 57.8 Å². The van der Waals surface area contributed by atoms with Crippen molar-refractivity contribution in [3.05, 3.63) is 0 Å². The predicted molar refractivity (Wildman–Crippen MR) is 82.8 cm³/mol. The minimum Gasteiger partial charge on any atom is -0.352 e. The van der Waals surface area contributed by atoms with Gasteiger partial charge in [0, 0.05) is 12.1 Å². The largest absolute Gasteiger partial charge is 0.352 e. The van der Waals surface area contributed by atoms with Crippen molar-refractivity contribution >= 4 is 5.91 Å². The van der Waals surface area contributed by atoms with Crippen molar-refractivity contribution in [2.45, 2.75) is 69.9 Å². The number of piperidine rings is 1. The summed E-state index contributed by atoms with van der Waals surface area (Å²) in [4.78, 5) is 14.2. The third-order valence-electron chi connectivity index (χ3n) is 4.66. The van der Waals surface area contributed by atoms with Crippen molar-refractivity contribution in [3.8, 4) is 0 Å². The molecule has 2 N–H and O–H groups in total. The van der Waals surface area contributed by atoms with Gasteiger partial charge in [0.2, 0.25) is 5.91 Å². The Morgan fingerprint density at radius 2 is 1.90 bits per heavy atom. The van der Waals surface area contributed by atoms with Crippen LogP contribution in [0.4, 0.5) is 0 Å². The Hall–Kier alpha value is -0.610. The standard InChI is InChI=1S/C16H31N3O/c1-19(12-10-14-7-5-6-11-17-14)13-16(20)18-15-8-3-2-4-9-15/h14-15,17H,2-13H2,1H3,(H,18,20). The molecule has 1 aliphatic heterocycles. The van der Waals surface area contributed by atoms with E-state index in [0.717, 1.165) is 19.5 Å². The molecular formula is C16H31N3O. The fourth-order valence-corrected chi connectivity index (χ4v) is 3.39. The molecule has 0 spiro atoms. The molecule has 1 saturated heterocycles. The second-order valence-corrected chi connectivity index (χ2v) is 6.58. The van der Waals surface area contributed by atoms with Crippen LogP contribution in [0, 0.1) is 0 Å².